The molecule has 2 atom stereocenters. The molecule has 0 saturated carbocycles. The smallest absolute Gasteiger partial charge is 0.303 e. The van der Waals surface area contributed by atoms with Gasteiger partial charge in [0.15, 0.2) is 26.3 Å². The average Bonchev–Trinajstić information content (AvgIpc) is 2.43. The van der Waals surface area contributed by atoms with E-state index in [2.05, 4.69) is 33.9 Å². The molecule has 6 heteroatoms. The number of esters is 1. The first kappa shape index (κ1) is 16.8. The number of Topliss-reactive ketones (excluding diaryl/α,β-unsaturated/α-hetero) is 1. The normalized spacial score (nSPS) is 24.4. The molecule has 1 aliphatic carbocycles. The molecule has 0 N–H and O–H groups in total. The highest BCUT2D eigenvalue weighted by Gasteiger charge is 2.46. The highest BCUT2D eigenvalue weighted by Crippen LogP contribution is 2.39. The molecular weight excluding hydrogens is 375 g/mol. The first-order chi connectivity index (χ1) is 8.45. The second kappa shape index (κ2) is 5.65. The minimum absolute atomic E-state index is 0.00206. The second-order valence-electron chi connectivity index (χ2n) is 6.25. The largest absolute Gasteiger partial charge is 0.455 e. The van der Waals surface area contributed by atoms with Crippen LogP contribution in [-0.4, -0.2) is 32.3 Å². The highest BCUT2D eigenvalue weighted by atomic mass is 127. The van der Waals surface area contributed by atoms with Gasteiger partial charge in [-0.15, -0.1) is 0 Å². The van der Waals surface area contributed by atoms with Gasteiger partial charge in [0.25, 0.3) is 0 Å². The van der Waals surface area contributed by atoms with E-state index >= 15 is 0 Å². The summed E-state index contributed by atoms with van der Waals surface area (Å²) in [6.45, 7) is 11.8. The van der Waals surface area contributed by atoms with Crippen molar-refractivity contribution in [2.75, 3.05) is 0 Å². The summed E-state index contributed by atoms with van der Waals surface area (Å²) in [6, 6.07) is 0. The number of carbonyl (C=O) groups is 2. The van der Waals surface area contributed by atoms with Crippen LogP contribution < -0.4 is 0 Å². The number of carbonyl (C=O) groups excluding carboxylic acids is 2. The van der Waals surface area contributed by atoms with Crippen LogP contribution in [0, 0.1) is 0 Å². The quantitative estimate of drug-likeness (QED) is 0.418. The summed E-state index contributed by atoms with van der Waals surface area (Å²) in [7, 11) is -2.08. The second-order valence-corrected chi connectivity index (χ2v) is 12.2. The average molecular weight is 396 g/mol. The predicted molar refractivity (Wildman–Crippen MR) is 84.7 cm³/mol. The molecule has 0 unspecified atom stereocenters. The van der Waals surface area contributed by atoms with Crippen LogP contribution in [0.3, 0.4) is 0 Å². The molecule has 0 aromatic heterocycles. The first-order valence-electron chi connectivity index (χ1n) is 6.22. The maximum absolute atomic E-state index is 12.1. The molecule has 0 saturated heterocycles. The van der Waals surface area contributed by atoms with Gasteiger partial charge in [-0.3, -0.25) is 9.59 Å². The first-order valence-corrected chi connectivity index (χ1v) is 10.2. The van der Waals surface area contributed by atoms with E-state index in [1.54, 1.807) is 6.08 Å². The summed E-state index contributed by atoms with van der Waals surface area (Å²) in [5.74, 6) is -0.486. The number of halogens is 1. The van der Waals surface area contributed by atoms with E-state index in [0.717, 1.165) is 0 Å². The molecule has 19 heavy (non-hydrogen) atoms. The fraction of sp³-hybridized carbons (Fsp3) is 0.692. The van der Waals surface area contributed by atoms with Gasteiger partial charge >= 0.3 is 5.97 Å². The van der Waals surface area contributed by atoms with Gasteiger partial charge in [0, 0.05) is 6.92 Å². The summed E-state index contributed by atoms with van der Waals surface area (Å²) >= 11 is 1.96. The molecule has 0 bridgehead atoms. The molecule has 0 spiro atoms. The van der Waals surface area contributed by atoms with Crippen molar-refractivity contribution in [1.29, 1.82) is 0 Å². The van der Waals surface area contributed by atoms with Crippen LogP contribution in [0.15, 0.2) is 9.66 Å². The Morgan fingerprint density at radius 3 is 2.32 bits per heavy atom. The van der Waals surface area contributed by atoms with Gasteiger partial charge in [0.2, 0.25) is 0 Å². The highest BCUT2D eigenvalue weighted by molar-refractivity contribution is 14.1. The van der Waals surface area contributed by atoms with Crippen molar-refractivity contribution >= 4 is 42.7 Å². The van der Waals surface area contributed by atoms with Crippen molar-refractivity contribution in [2.45, 2.75) is 58.0 Å². The van der Waals surface area contributed by atoms with E-state index in [-0.39, 0.29) is 10.8 Å². The van der Waals surface area contributed by atoms with Crippen LogP contribution in [0.25, 0.3) is 0 Å². The number of ketones is 1. The molecule has 1 rings (SSSR count). The molecule has 0 radical (unpaired) electrons. The van der Waals surface area contributed by atoms with Crippen LogP contribution in [0.5, 0.6) is 0 Å². The molecule has 4 nitrogen and oxygen atoms in total. The van der Waals surface area contributed by atoms with E-state index < -0.39 is 26.5 Å². The van der Waals surface area contributed by atoms with Gasteiger partial charge in [-0.1, -0.05) is 20.8 Å². The van der Waals surface area contributed by atoms with E-state index in [1.165, 1.54) is 6.92 Å². The topological polar surface area (TPSA) is 52.6 Å². The van der Waals surface area contributed by atoms with Crippen molar-refractivity contribution in [3.63, 3.8) is 0 Å². The fourth-order valence-corrected chi connectivity index (χ4v) is 3.39. The number of ether oxygens (including phenoxy) is 1. The fourth-order valence-electron chi connectivity index (χ4n) is 1.50. The van der Waals surface area contributed by atoms with Crippen LogP contribution >= 0.6 is 22.6 Å². The predicted octanol–water partition coefficient (Wildman–Crippen LogP) is 3.21. The Labute approximate surface area is 129 Å². The molecule has 0 amide bonds. The van der Waals surface area contributed by atoms with Crippen molar-refractivity contribution in [3.05, 3.63) is 9.66 Å². The van der Waals surface area contributed by atoms with Crippen LogP contribution in [0.2, 0.25) is 18.1 Å². The lowest BCUT2D eigenvalue weighted by Crippen LogP contribution is -2.48. The standard InChI is InChI=1S/C13H21IO4Si/c1-8(15)17-10-7-9(14)11(16)12(10)18-19(5,6)13(2,3)4/h7,10,12H,1-6H3/t10-,12+/m0/s1. The Balaban J connectivity index is 2.92. The Morgan fingerprint density at radius 2 is 1.89 bits per heavy atom. The van der Waals surface area contributed by atoms with Gasteiger partial charge in [-0.25, -0.2) is 0 Å². The zero-order valence-corrected chi connectivity index (χ0v) is 15.4. The maximum atomic E-state index is 12.1. The minimum atomic E-state index is -2.08. The Bertz CT molecular complexity index is 423. The lowest BCUT2D eigenvalue weighted by Gasteiger charge is -2.39. The zero-order valence-electron chi connectivity index (χ0n) is 12.2. The van der Waals surface area contributed by atoms with Crippen molar-refractivity contribution in [2.24, 2.45) is 0 Å². The van der Waals surface area contributed by atoms with Crippen molar-refractivity contribution in [1.82, 2.24) is 0 Å². The lowest BCUT2D eigenvalue weighted by atomic mass is 10.2. The number of rotatable bonds is 3. The Morgan fingerprint density at radius 1 is 1.37 bits per heavy atom. The molecule has 0 aromatic rings. The minimum Gasteiger partial charge on any atom is -0.455 e. The number of hydrogen-bond donors (Lipinski definition) is 0. The lowest BCUT2D eigenvalue weighted by molar-refractivity contribution is -0.149. The summed E-state index contributed by atoms with van der Waals surface area (Å²) < 4.78 is 11.9. The van der Waals surface area contributed by atoms with E-state index in [9.17, 15) is 9.59 Å². The molecular formula is C13H21IO4Si. The molecule has 0 aromatic carbocycles. The monoisotopic (exact) mass is 396 g/mol. The number of hydrogen-bond acceptors (Lipinski definition) is 4. The summed E-state index contributed by atoms with van der Waals surface area (Å²) in [5, 5.41) is 0.00206. The summed E-state index contributed by atoms with van der Waals surface area (Å²) in [5.41, 5.74) is 0. The van der Waals surface area contributed by atoms with E-state index in [4.69, 9.17) is 9.16 Å². The maximum Gasteiger partial charge on any atom is 0.303 e. The van der Waals surface area contributed by atoms with Crippen molar-refractivity contribution in [3.8, 4) is 0 Å². The van der Waals surface area contributed by atoms with Gasteiger partial charge in [-0.2, -0.15) is 0 Å². The Hall–Kier alpha value is -0.213. The zero-order chi connectivity index (χ0) is 15.0. The van der Waals surface area contributed by atoms with Gasteiger partial charge in [0.05, 0.1) is 3.58 Å². The third-order valence-electron chi connectivity index (χ3n) is 3.63. The Kier molecular flexibility index (Phi) is 5.01. The van der Waals surface area contributed by atoms with Gasteiger partial charge in [0.1, 0.15) is 0 Å². The third-order valence-corrected chi connectivity index (χ3v) is 8.98. The summed E-state index contributed by atoms with van der Waals surface area (Å²) in [6.07, 6.45) is 0.393. The summed E-state index contributed by atoms with van der Waals surface area (Å²) in [4.78, 5) is 23.2. The third kappa shape index (κ3) is 3.88. The SMILES string of the molecule is CC(=O)O[C@H]1C=C(I)C(=O)[C@@H]1O[Si](C)(C)C(C)(C)C. The van der Waals surface area contributed by atoms with Crippen LogP contribution in [0.1, 0.15) is 27.7 Å². The molecule has 0 fully saturated rings. The molecule has 108 valence electrons. The molecule has 0 heterocycles. The van der Waals surface area contributed by atoms with Crippen LogP contribution in [0.4, 0.5) is 0 Å². The van der Waals surface area contributed by atoms with Gasteiger partial charge in [-0.05, 0) is 46.8 Å². The molecule has 1 aliphatic rings. The van der Waals surface area contributed by atoms with Crippen molar-refractivity contribution < 1.29 is 18.8 Å². The van der Waals surface area contributed by atoms with E-state index in [0.29, 0.717) is 3.58 Å². The molecule has 0 aliphatic heterocycles. The van der Waals surface area contributed by atoms with Gasteiger partial charge < -0.3 is 9.16 Å². The van der Waals surface area contributed by atoms with Crippen LogP contribution in [-0.2, 0) is 18.8 Å². The van der Waals surface area contributed by atoms with E-state index in [1.807, 2.05) is 22.6 Å².